The van der Waals surface area contributed by atoms with Crippen LogP contribution in [0, 0.1) is 6.92 Å². The van der Waals surface area contributed by atoms with Gasteiger partial charge in [0.2, 0.25) is 10.0 Å². The van der Waals surface area contributed by atoms with Crippen LogP contribution in [0.25, 0.3) is 16.9 Å². The first-order valence-corrected chi connectivity index (χ1v) is 12.7. The highest BCUT2D eigenvalue weighted by Gasteiger charge is 2.28. The van der Waals surface area contributed by atoms with Gasteiger partial charge in [-0.15, -0.1) is 0 Å². The van der Waals surface area contributed by atoms with Crippen LogP contribution in [0.1, 0.15) is 28.8 Å². The Balaban J connectivity index is 1.66. The van der Waals surface area contributed by atoms with Crippen LogP contribution in [0.3, 0.4) is 0 Å². The number of carbonyl (C=O) groups is 1. The summed E-state index contributed by atoms with van der Waals surface area (Å²) < 4.78 is 32.8. The lowest BCUT2D eigenvalue weighted by Gasteiger charge is -2.32. The van der Waals surface area contributed by atoms with E-state index < -0.39 is 10.0 Å². The lowest BCUT2D eigenvalue weighted by Crippen LogP contribution is -2.46. The van der Waals surface area contributed by atoms with Gasteiger partial charge in [-0.25, -0.2) is 17.8 Å². The molecular formula is C24H28N4O4S. The molecule has 174 valence electrons. The molecule has 8 nitrogen and oxygen atoms in total. The van der Waals surface area contributed by atoms with E-state index in [1.54, 1.807) is 22.9 Å². The molecule has 33 heavy (non-hydrogen) atoms. The summed E-state index contributed by atoms with van der Waals surface area (Å²) >= 11 is 0. The summed E-state index contributed by atoms with van der Waals surface area (Å²) in [5, 5.41) is 4.76. The molecule has 0 saturated carbocycles. The van der Waals surface area contributed by atoms with Gasteiger partial charge in [0.1, 0.15) is 11.4 Å². The molecule has 2 heterocycles. The number of sulfonamides is 1. The fraction of sp³-hybridized carbons (Fsp3) is 0.333. The van der Waals surface area contributed by atoms with Crippen molar-refractivity contribution < 1.29 is 17.9 Å². The van der Waals surface area contributed by atoms with Gasteiger partial charge in [-0.2, -0.15) is 5.10 Å². The van der Waals surface area contributed by atoms with E-state index in [0.717, 1.165) is 23.1 Å². The fourth-order valence-corrected chi connectivity index (χ4v) is 4.86. The Labute approximate surface area is 194 Å². The molecule has 0 aliphatic carbocycles. The van der Waals surface area contributed by atoms with Crippen LogP contribution in [0.5, 0.6) is 5.75 Å². The van der Waals surface area contributed by atoms with Gasteiger partial charge >= 0.3 is 0 Å². The van der Waals surface area contributed by atoms with E-state index in [2.05, 4.69) is 4.72 Å². The van der Waals surface area contributed by atoms with E-state index >= 15 is 0 Å². The number of hydrogen-bond donors (Lipinski definition) is 1. The van der Waals surface area contributed by atoms with Crippen molar-refractivity contribution in [3.8, 4) is 22.7 Å². The number of piperidine rings is 1. The number of hydrogen-bond acceptors (Lipinski definition) is 5. The number of amides is 1. The molecule has 1 saturated heterocycles. The second-order valence-electron chi connectivity index (χ2n) is 8.36. The summed E-state index contributed by atoms with van der Waals surface area (Å²) in [6, 6.07) is 15.3. The van der Waals surface area contributed by atoms with Gasteiger partial charge in [0.05, 0.1) is 24.6 Å². The van der Waals surface area contributed by atoms with E-state index in [9.17, 15) is 13.2 Å². The second-order valence-corrected chi connectivity index (χ2v) is 10.1. The van der Waals surface area contributed by atoms with Gasteiger partial charge < -0.3 is 9.64 Å². The third kappa shape index (κ3) is 5.43. The van der Waals surface area contributed by atoms with Gasteiger partial charge in [0.25, 0.3) is 5.91 Å². The van der Waals surface area contributed by atoms with Crippen molar-refractivity contribution in [3.05, 3.63) is 65.9 Å². The van der Waals surface area contributed by atoms with Gasteiger partial charge in [-0.1, -0.05) is 29.8 Å². The molecule has 0 spiro atoms. The number of carbonyl (C=O) groups excluding carboxylic acids is 1. The van der Waals surface area contributed by atoms with Crippen LogP contribution < -0.4 is 9.46 Å². The third-order valence-electron chi connectivity index (χ3n) is 5.75. The average Bonchev–Trinajstić information content (AvgIpc) is 3.24. The molecular weight excluding hydrogens is 440 g/mol. The summed E-state index contributed by atoms with van der Waals surface area (Å²) in [6.45, 7) is 2.96. The van der Waals surface area contributed by atoms with Gasteiger partial charge in [-0.05, 0) is 44.0 Å². The number of nitrogens with zero attached hydrogens (tertiary/aromatic N) is 3. The maximum Gasteiger partial charge on any atom is 0.257 e. The van der Waals surface area contributed by atoms with E-state index in [1.165, 1.54) is 0 Å². The van der Waals surface area contributed by atoms with Crippen molar-refractivity contribution >= 4 is 15.9 Å². The quantitative estimate of drug-likeness (QED) is 0.600. The van der Waals surface area contributed by atoms with Crippen molar-refractivity contribution in [2.24, 2.45) is 0 Å². The predicted molar refractivity (Wildman–Crippen MR) is 127 cm³/mol. The van der Waals surface area contributed by atoms with Crippen molar-refractivity contribution in [3.63, 3.8) is 0 Å². The zero-order chi connectivity index (χ0) is 23.6. The minimum absolute atomic E-state index is 0.121. The first-order valence-electron chi connectivity index (χ1n) is 10.8. The molecule has 9 heteroatoms. The summed E-state index contributed by atoms with van der Waals surface area (Å²) in [4.78, 5) is 15.3. The van der Waals surface area contributed by atoms with E-state index in [0.29, 0.717) is 42.9 Å². The standard InChI is InChI=1S/C24H28N4O4S/c1-17-7-9-20(10-8-17)28-16-22(23(25-28)18-5-4-6-21(15-18)32-2)24(29)27-13-11-19(12-14-27)26-33(3,30)31/h4-10,15-16,19,26H,11-14H2,1-3H3. The molecule has 1 aromatic heterocycles. The normalized spacial score (nSPS) is 14.9. The van der Waals surface area contributed by atoms with Crippen LogP contribution in [0.15, 0.2) is 54.7 Å². The SMILES string of the molecule is COc1cccc(-c2nn(-c3ccc(C)cc3)cc2C(=O)N2CCC(NS(C)(=O)=O)CC2)c1. The van der Waals surface area contributed by atoms with Crippen LogP contribution in [0.2, 0.25) is 0 Å². The molecule has 1 fully saturated rings. The summed E-state index contributed by atoms with van der Waals surface area (Å²) in [5.74, 6) is 0.562. The number of nitrogens with one attached hydrogen (secondary N) is 1. The Morgan fingerprint density at radius 3 is 2.45 bits per heavy atom. The average molecular weight is 469 g/mol. The number of likely N-dealkylation sites (tertiary alicyclic amines) is 1. The molecule has 1 N–H and O–H groups in total. The number of aromatic nitrogens is 2. The highest BCUT2D eigenvalue weighted by Crippen LogP contribution is 2.28. The lowest BCUT2D eigenvalue weighted by atomic mass is 10.0. The smallest absolute Gasteiger partial charge is 0.257 e. The van der Waals surface area contributed by atoms with Crippen molar-refractivity contribution in [2.45, 2.75) is 25.8 Å². The molecule has 3 aromatic rings. The topological polar surface area (TPSA) is 93.5 Å². The van der Waals surface area contributed by atoms with E-state index in [4.69, 9.17) is 9.84 Å². The van der Waals surface area contributed by atoms with Gasteiger partial charge in [0, 0.05) is 30.9 Å². The van der Waals surface area contributed by atoms with Gasteiger partial charge in [0.15, 0.2) is 0 Å². The molecule has 1 aliphatic rings. The zero-order valence-electron chi connectivity index (χ0n) is 19.0. The maximum absolute atomic E-state index is 13.5. The van der Waals surface area contributed by atoms with Crippen molar-refractivity contribution in [2.75, 3.05) is 26.5 Å². The first kappa shape index (κ1) is 23.0. The highest BCUT2D eigenvalue weighted by molar-refractivity contribution is 7.88. The summed E-state index contributed by atoms with van der Waals surface area (Å²) in [6.07, 6.45) is 4.06. The Morgan fingerprint density at radius 2 is 1.82 bits per heavy atom. The Kier molecular flexibility index (Phi) is 6.53. The maximum atomic E-state index is 13.5. The molecule has 0 bridgehead atoms. The van der Waals surface area contributed by atoms with E-state index in [1.807, 2.05) is 55.5 Å². The van der Waals surface area contributed by atoms with E-state index in [-0.39, 0.29) is 11.9 Å². The zero-order valence-corrected chi connectivity index (χ0v) is 19.8. The number of aryl methyl sites for hydroxylation is 1. The number of methoxy groups -OCH3 is 1. The fourth-order valence-electron chi connectivity index (χ4n) is 4.02. The van der Waals surface area contributed by atoms with Crippen LogP contribution >= 0.6 is 0 Å². The largest absolute Gasteiger partial charge is 0.497 e. The Morgan fingerprint density at radius 1 is 1.12 bits per heavy atom. The Hall–Kier alpha value is -3.17. The van der Waals surface area contributed by atoms with Crippen LogP contribution in [-0.2, 0) is 10.0 Å². The Bertz CT molecular complexity index is 1240. The summed E-state index contributed by atoms with van der Waals surface area (Å²) in [7, 11) is -1.67. The molecule has 0 radical (unpaired) electrons. The van der Waals surface area contributed by atoms with Crippen LogP contribution in [0.4, 0.5) is 0 Å². The predicted octanol–water partition coefficient (Wildman–Crippen LogP) is 3.01. The molecule has 0 atom stereocenters. The molecule has 4 rings (SSSR count). The van der Waals surface area contributed by atoms with Gasteiger partial charge in [-0.3, -0.25) is 4.79 Å². The minimum Gasteiger partial charge on any atom is -0.497 e. The first-order chi connectivity index (χ1) is 15.7. The van der Waals surface area contributed by atoms with Crippen molar-refractivity contribution in [1.29, 1.82) is 0 Å². The minimum atomic E-state index is -3.27. The lowest BCUT2D eigenvalue weighted by molar-refractivity contribution is 0.0712. The molecule has 1 aliphatic heterocycles. The highest BCUT2D eigenvalue weighted by atomic mass is 32.2. The van der Waals surface area contributed by atoms with Crippen molar-refractivity contribution in [1.82, 2.24) is 19.4 Å². The molecule has 0 unspecified atom stereocenters. The second kappa shape index (κ2) is 9.36. The number of rotatable bonds is 6. The number of benzene rings is 2. The molecule has 1 amide bonds. The molecule has 2 aromatic carbocycles. The summed E-state index contributed by atoms with van der Waals surface area (Å²) in [5.41, 5.74) is 3.87. The van der Waals surface area contributed by atoms with Crippen LogP contribution in [-0.4, -0.2) is 61.5 Å². The monoisotopic (exact) mass is 468 g/mol. The number of ether oxygens (including phenoxy) is 1. The third-order valence-corrected chi connectivity index (χ3v) is 6.51.